The third-order valence-electron chi connectivity index (χ3n) is 4.64. The predicted octanol–water partition coefficient (Wildman–Crippen LogP) is 0.470. The van der Waals surface area contributed by atoms with Crippen LogP contribution in [0.25, 0.3) is 0 Å². The predicted molar refractivity (Wildman–Crippen MR) is 72.0 cm³/mol. The molecular weight excluding hydrogens is 284 g/mol. The summed E-state index contributed by atoms with van der Waals surface area (Å²) in [5, 5.41) is 28.0. The molecule has 0 radical (unpaired) electrons. The van der Waals surface area contributed by atoms with Gasteiger partial charge in [0.1, 0.15) is 5.82 Å². The molecule has 1 aromatic rings. The molecule has 0 aromatic carbocycles. The first-order valence-corrected chi connectivity index (χ1v) is 6.77. The molecule has 0 spiro atoms. The van der Waals surface area contributed by atoms with Crippen LogP contribution < -0.4 is 4.90 Å². The number of carboxylic acid groups (broad SMARTS) is 1. The number of hydrogen-bond donors (Lipinski definition) is 3. The molecular formula is C13H15ClN2O4. The summed E-state index contributed by atoms with van der Waals surface area (Å²) in [4.78, 5) is 16.9. The summed E-state index contributed by atoms with van der Waals surface area (Å²) in [6.45, 7) is 1.33. The van der Waals surface area contributed by atoms with Gasteiger partial charge in [-0.3, -0.25) is 0 Å². The van der Waals surface area contributed by atoms with Gasteiger partial charge >= 0.3 is 5.97 Å². The van der Waals surface area contributed by atoms with Crippen LogP contribution in [-0.2, 0) is 0 Å². The van der Waals surface area contributed by atoms with Crippen LogP contribution in [0.5, 0.6) is 0 Å². The molecule has 3 rings (SSSR count). The lowest BCUT2D eigenvalue weighted by molar-refractivity contribution is 0.0696. The normalized spacial score (nSPS) is 26.4. The Bertz CT molecular complexity index is 547. The van der Waals surface area contributed by atoms with Crippen LogP contribution in [0.2, 0.25) is 5.02 Å². The standard InChI is InChI=1S/C13H15ClN2O4/c14-10-1-7(12(19)20)2-15-11(10)16-3-8-9(4-16)13(8,5-17)6-18/h1-2,8-9,17-18H,3-6H2,(H,19,20). The van der Waals surface area contributed by atoms with E-state index >= 15 is 0 Å². The maximum absolute atomic E-state index is 10.8. The number of aromatic nitrogens is 1. The van der Waals surface area contributed by atoms with Gasteiger partial charge in [0, 0.05) is 24.7 Å². The highest BCUT2D eigenvalue weighted by Gasteiger charge is 2.67. The zero-order valence-corrected chi connectivity index (χ0v) is 11.4. The molecule has 2 aliphatic rings. The summed E-state index contributed by atoms with van der Waals surface area (Å²) in [6, 6.07) is 1.39. The molecule has 6 nitrogen and oxygen atoms in total. The van der Waals surface area contributed by atoms with E-state index in [2.05, 4.69) is 4.98 Å². The van der Waals surface area contributed by atoms with Crippen molar-refractivity contribution < 1.29 is 20.1 Å². The van der Waals surface area contributed by atoms with Crippen LogP contribution in [0, 0.1) is 17.3 Å². The SMILES string of the molecule is O=C(O)c1cnc(N2CC3C(C2)C3(CO)CO)c(Cl)c1. The zero-order chi connectivity index (χ0) is 14.5. The third-order valence-corrected chi connectivity index (χ3v) is 4.92. The number of piperidine rings is 1. The first kappa shape index (κ1) is 13.6. The number of fused-ring (bicyclic) bond motifs is 1. The summed E-state index contributed by atoms with van der Waals surface area (Å²) < 4.78 is 0. The number of carboxylic acids is 1. The van der Waals surface area contributed by atoms with Gasteiger partial charge in [-0.05, 0) is 17.9 Å². The molecule has 0 bridgehead atoms. The van der Waals surface area contributed by atoms with E-state index in [4.69, 9.17) is 16.7 Å². The Morgan fingerprint density at radius 2 is 2.00 bits per heavy atom. The van der Waals surface area contributed by atoms with Gasteiger partial charge in [-0.25, -0.2) is 9.78 Å². The van der Waals surface area contributed by atoms with E-state index in [1.54, 1.807) is 0 Å². The zero-order valence-electron chi connectivity index (χ0n) is 10.7. The van der Waals surface area contributed by atoms with Gasteiger partial charge in [-0.15, -0.1) is 0 Å². The van der Waals surface area contributed by atoms with Crippen LogP contribution in [0.1, 0.15) is 10.4 Å². The molecule has 2 fully saturated rings. The lowest BCUT2D eigenvalue weighted by Gasteiger charge is -2.25. The maximum Gasteiger partial charge on any atom is 0.337 e. The molecule has 1 aliphatic heterocycles. The van der Waals surface area contributed by atoms with Gasteiger partial charge < -0.3 is 20.2 Å². The van der Waals surface area contributed by atoms with E-state index in [-0.39, 0.29) is 36.0 Å². The number of aromatic carboxylic acids is 1. The fraction of sp³-hybridized carbons (Fsp3) is 0.538. The van der Waals surface area contributed by atoms with Crippen LogP contribution in [0.4, 0.5) is 5.82 Å². The van der Waals surface area contributed by atoms with Gasteiger partial charge in [0.15, 0.2) is 0 Å². The molecule has 1 saturated heterocycles. The average molecular weight is 299 g/mol. The lowest BCUT2D eigenvalue weighted by atomic mass is 10.0. The minimum Gasteiger partial charge on any atom is -0.478 e. The number of hydrogen-bond acceptors (Lipinski definition) is 5. The molecule has 2 unspecified atom stereocenters. The second kappa shape index (κ2) is 4.58. The van der Waals surface area contributed by atoms with Crippen LogP contribution in [0.15, 0.2) is 12.3 Å². The second-order valence-electron chi connectivity index (χ2n) is 5.50. The Morgan fingerprint density at radius 3 is 2.45 bits per heavy atom. The Labute approximate surface area is 120 Å². The summed E-state index contributed by atoms with van der Waals surface area (Å²) in [7, 11) is 0. The maximum atomic E-state index is 10.8. The van der Waals surface area contributed by atoms with Crippen molar-refractivity contribution in [3.8, 4) is 0 Å². The number of nitrogens with zero attached hydrogens (tertiary/aromatic N) is 2. The number of aliphatic hydroxyl groups is 2. The molecule has 1 aliphatic carbocycles. The quantitative estimate of drug-likeness (QED) is 0.748. The smallest absolute Gasteiger partial charge is 0.337 e. The van der Waals surface area contributed by atoms with Crippen molar-refractivity contribution in [2.24, 2.45) is 17.3 Å². The number of carbonyl (C=O) groups is 1. The van der Waals surface area contributed by atoms with Gasteiger partial charge in [-0.1, -0.05) is 11.6 Å². The highest BCUT2D eigenvalue weighted by atomic mass is 35.5. The van der Waals surface area contributed by atoms with Crippen LogP contribution in [-0.4, -0.2) is 52.6 Å². The Hall–Kier alpha value is -1.37. The van der Waals surface area contributed by atoms with Crippen molar-refractivity contribution >= 4 is 23.4 Å². The summed E-state index contributed by atoms with van der Waals surface area (Å²) in [5.41, 5.74) is -0.299. The van der Waals surface area contributed by atoms with Crippen molar-refractivity contribution in [1.29, 1.82) is 0 Å². The van der Waals surface area contributed by atoms with Gasteiger partial charge in [0.05, 0.1) is 23.8 Å². The van der Waals surface area contributed by atoms with Crippen molar-refractivity contribution in [3.05, 3.63) is 22.8 Å². The fourth-order valence-electron chi connectivity index (χ4n) is 3.31. The first-order chi connectivity index (χ1) is 9.53. The highest BCUT2D eigenvalue weighted by Crippen LogP contribution is 2.62. The first-order valence-electron chi connectivity index (χ1n) is 6.39. The number of rotatable bonds is 4. The Kier molecular flexibility index (Phi) is 3.12. The topological polar surface area (TPSA) is 93.9 Å². The van der Waals surface area contributed by atoms with Crippen LogP contribution in [0.3, 0.4) is 0 Å². The molecule has 1 saturated carbocycles. The van der Waals surface area contributed by atoms with Gasteiger partial charge in [-0.2, -0.15) is 0 Å². The van der Waals surface area contributed by atoms with Gasteiger partial charge in [0.25, 0.3) is 0 Å². The summed E-state index contributed by atoms with van der Waals surface area (Å²) in [5.74, 6) is -0.00697. The molecule has 108 valence electrons. The van der Waals surface area contributed by atoms with Crippen molar-refractivity contribution in [2.45, 2.75) is 0 Å². The molecule has 2 atom stereocenters. The van der Waals surface area contributed by atoms with Gasteiger partial charge in [0.2, 0.25) is 0 Å². The molecule has 3 N–H and O–H groups in total. The molecule has 2 heterocycles. The largest absolute Gasteiger partial charge is 0.478 e. The van der Waals surface area contributed by atoms with E-state index in [1.165, 1.54) is 12.3 Å². The highest BCUT2D eigenvalue weighted by molar-refractivity contribution is 6.33. The number of aliphatic hydroxyl groups excluding tert-OH is 2. The Morgan fingerprint density at radius 1 is 1.40 bits per heavy atom. The van der Waals surface area contributed by atoms with Crippen molar-refractivity contribution in [1.82, 2.24) is 4.98 Å². The fourth-order valence-corrected chi connectivity index (χ4v) is 3.60. The molecule has 1 aromatic heterocycles. The second-order valence-corrected chi connectivity index (χ2v) is 5.91. The lowest BCUT2D eigenvalue weighted by Crippen LogP contribution is -2.32. The Balaban J connectivity index is 1.76. The summed E-state index contributed by atoms with van der Waals surface area (Å²) >= 11 is 6.09. The van der Waals surface area contributed by atoms with Crippen LogP contribution >= 0.6 is 11.6 Å². The minimum absolute atomic E-state index is 0.00815. The molecule has 7 heteroatoms. The monoisotopic (exact) mass is 298 g/mol. The number of pyridine rings is 1. The van der Waals surface area contributed by atoms with E-state index in [0.29, 0.717) is 23.9 Å². The number of halogens is 1. The average Bonchev–Trinajstić information content (AvgIpc) is 2.80. The van der Waals surface area contributed by atoms with Crippen molar-refractivity contribution in [3.63, 3.8) is 0 Å². The van der Waals surface area contributed by atoms with E-state index in [0.717, 1.165) is 0 Å². The molecule has 20 heavy (non-hydrogen) atoms. The summed E-state index contributed by atoms with van der Waals surface area (Å²) in [6.07, 6.45) is 1.29. The van der Waals surface area contributed by atoms with E-state index < -0.39 is 5.97 Å². The third kappa shape index (κ3) is 1.79. The van der Waals surface area contributed by atoms with E-state index in [1.807, 2.05) is 4.90 Å². The van der Waals surface area contributed by atoms with Crippen molar-refractivity contribution in [2.75, 3.05) is 31.2 Å². The minimum atomic E-state index is -1.06. The van der Waals surface area contributed by atoms with E-state index in [9.17, 15) is 15.0 Å². The number of anilines is 1. The molecule has 0 amide bonds.